The third-order valence-corrected chi connectivity index (χ3v) is 2.90. The third kappa shape index (κ3) is 4.89. The average Bonchev–Trinajstić information content (AvgIpc) is 2.50. The fourth-order valence-corrected chi connectivity index (χ4v) is 1.78. The summed E-state index contributed by atoms with van der Waals surface area (Å²) in [6.45, 7) is 1.31. The van der Waals surface area contributed by atoms with E-state index in [2.05, 4.69) is 5.16 Å². The number of hydrogen-bond donors (Lipinski definition) is 0. The monoisotopic (exact) mass is 299 g/mol. The molecule has 21 heavy (non-hydrogen) atoms. The van der Waals surface area contributed by atoms with Crippen LogP contribution in [0.1, 0.15) is 18.1 Å². The molecular weight excluding hydrogens is 286 g/mol. The molecule has 106 valence electrons. The molecule has 0 aromatic heterocycles. The highest BCUT2D eigenvalue weighted by Gasteiger charge is 2.01. The van der Waals surface area contributed by atoms with E-state index in [1.54, 1.807) is 6.08 Å². The average molecular weight is 300 g/mol. The van der Waals surface area contributed by atoms with Crippen LogP contribution in [0.15, 0.2) is 65.8 Å². The van der Waals surface area contributed by atoms with Gasteiger partial charge in [-0.25, -0.2) is 4.79 Å². The van der Waals surface area contributed by atoms with Gasteiger partial charge in [0.05, 0.1) is 0 Å². The van der Waals surface area contributed by atoms with E-state index in [1.807, 2.05) is 60.7 Å². The van der Waals surface area contributed by atoms with Gasteiger partial charge in [0.25, 0.3) is 0 Å². The number of carbonyl (C=O) groups is 1. The van der Waals surface area contributed by atoms with Crippen molar-refractivity contribution in [2.45, 2.75) is 6.92 Å². The largest absolute Gasteiger partial charge is 0.332 e. The van der Waals surface area contributed by atoms with Gasteiger partial charge >= 0.3 is 5.97 Å². The van der Waals surface area contributed by atoms with Gasteiger partial charge in [0.1, 0.15) is 5.71 Å². The minimum absolute atomic E-state index is 0.455. The standard InChI is InChI=1S/C17H14ClNO2/c1-13(20)21-19-17(15-5-3-2-4-6-15)12-9-14-7-10-16(18)11-8-14/h2-12H,1H3. The van der Waals surface area contributed by atoms with Gasteiger partial charge in [-0.15, -0.1) is 0 Å². The summed E-state index contributed by atoms with van der Waals surface area (Å²) in [4.78, 5) is 15.7. The van der Waals surface area contributed by atoms with Crippen LogP contribution < -0.4 is 0 Å². The van der Waals surface area contributed by atoms with Gasteiger partial charge in [-0.3, -0.25) is 0 Å². The van der Waals surface area contributed by atoms with E-state index in [0.717, 1.165) is 11.1 Å². The molecule has 0 saturated heterocycles. The fourth-order valence-electron chi connectivity index (χ4n) is 1.65. The van der Waals surface area contributed by atoms with Crippen LogP contribution in [0.3, 0.4) is 0 Å². The molecule has 0 fully saturated rings. The molecule has 0 aliphatic rings. The highest BCUT2D eigenvalue weighted by Crippen LogP contribution is 2.12. The maximum absolute atomic E-state index is 10.9. The Morgan fingerprint density at radius 1 is 1.10 bits per heavy atom. The molecule has 0 aliphatic heterocycles. The van der Waals surface area contributed by atoms with Crippen molar-refractivity contribution in [3.63, 3.8) is 0 Å². The molecular formula is C17H14ClNO2. The fraction of sp³-hybridized carbons (Fsp3) is 0.0588. The van der Waals surface area contributed by atoms with Gasteiger partial charge in [0.2, 0.25) is 0 Å². The Balaban J connectivity index is 2.26. The molecule has 0 bridgehead atoms. The van der Waals surface area contributed by atoms with Gasteiger partial charge in [0, 0.05) is 17.5 Å². The first-order valence-corrected chi connectivity index (χ1v) is 6.77. The molecule has 0 spiro atoms. The van der Waals surface area contributed by atoms with Gasteiger partial charge in [-0.2, -0.15) is 0 Å². The quantitative estimate of drug-likeness (QED) is 0.479. The number of oxime groups is 1. The summed E-state index contributed by atoms with van der Waals surface area (Å²) in [5.41, 5.74) is 2.41. The summed E-state index contributed by atoms with van der Waals surface area (Å²) in [6, 6.07) is 16.9. The Hall–Kier alpha value is -2.39. The minimum Gasteiger partial charge on any atom is -0.318 e. The summed E-state index contributed by atoms with van der Waals surface area (Å²) >= 11 is 5.85. The molecule has 0 atom stereocenters. The molecule has 0 aliphatic carbocycles. The van der Waals surface area contributed by atoms with Crippen molar-refractivity contribution in [3.8, 4) is 0 Å². The van der Waals surface area contributed by atoms with Crippen LogP contribution in [0.5, 0.6) is 0 Å². The van der Waals surface area contributed by atoms with E-state index in [0.29, 0.717) is 10.7 Å². The number of allylic oxidation sites excluding steroid dienone is 1. The third-order valence-electron chi connectivity index (χ3n) is 2.65. The first-order valence-electron chi connectivity index (χ1n) is 6.40. The molecule has 4 heteroatoms. The Morgan fingerprint density at radius 2 is 1.76 bits per heavy atom. The van der Waals surface area contributed by atoms with Crippen molar-refractivity contribution >= 4 is 29.4 Å². The van der Waals surface area contributed by atoms with E-state index in [4.69, 9.17) is 16.4 Å². The van der Waals surface area contributed by atoms with Gasteiger partial charge in [-0.1, -0.05) is 65.3 Å². The first kappa shape index (κ1) is 15.0. The van der Waals surface area contributed by atoms with E-state index in [9.17, 15) is 4.79 Å². The Morgan fingerprint density at radius 3 is 2.38 bits per heavy atom. The van der Waals surface area contributed by atoms with Crippen LogP contribution in [0.25, 0.3) is 6.08 Å². The van der Waals surface area contributed by atoms with Gasteiger partial charge < -0.3 is 4.84 Å². The van der Waals surface area contributed by atoms with Gasteiger partial charge in [-0.05, 0) is 23.8 Å². The zero-order valence-electron chi connectivity index (χ0n) is 11.5. The number of hydrogen-bond acceptors (Lipinski definition) is 3. The number of benzene rings is 2. The van der Waals surface area contributed by atoms with Crippen molar-refractivity contribution in [2.75, 3.05) is 0 Å². The maximum Gasteiger partial charge on any atom is 0.332 e. The second-order valence-corrected chi connectivity index (χ2v) is 4.75. The van der Waals surface area contributed by atoms with Crippen molar-refractivity contribution in [1.29, 1.82) is 0 Å². The molecule has 0 heterocycles. The number of nitrogens with zero attached hydrogens (tertiary/aromatic N) is 1. The smallest absolute Gasteiger partial charge is 0.318 e. The molecule has 3 nitrogen and oxygen atoms in total. The van der Waals surface area contributed by atoms with Crippen LogP contribution in [0.4, 0.5) is 0 Å². The summed E-state index contributed by atoms with van der Waals surface area (Å²) in [7, 11) is 0. The second-order valence-electron chi connectivity index (χ2n) is 4.31. The van der Waals surface area contributed by atoms with Crippen LogP contribution in [0.2, 0.25) is 5.02 Å². The zero-order valence-corrected chi connectivity index (χ0v) is 12.2. The summed E-state index contributed by atoms with van der Waals surface area (Å²) < 4.78 is 0. The van der Waals surface area contributed by atoms with E-state index >= 15 is 0 Å². The molecule has 0 N–H and O–H groups in total. The molecule has 0 radical (unpaired) electrons. The summed E-state index contributed by atoms with van der Waals surface area (Å²) in [6.07, 6.45) is 3.67. The molecule has 2 aromatic carbocycles. The van der Waals surface area contributed by atoms with Crippen molar-refractivity contribution in [3.05, 3.63) is 76.8 Å². The lowest BCUT2D eigenvalue weighted by molar-refractivity contribution is -0.140. The zero-order chi connectivity index (χ0) is 15.1. The lowest BCUT2D eigenvalue weighted by atomic mass is 10.1. The van der Waals surface area contributed by atoms with E-state index in [-0.39, 0.29) is 0 Å². The maximum atomic E-state index is 10.9. The Bertz CT molecular complexity index is 661. The lowest BCUT2D eigenvalue weighted by Crippen LogP contribution is -2.00. The van der Waals surface area contributed by atoms with Crippen LogP contribution in [0, 0.1) is 0 Å². The van der Waals surface area contributed by atoms with Crippen LogP contribution in [-0.2, 0) is 9.63 Å². The highest BCUT2D eigenvalue weighted by molar-refractivity contribution is 6.30. The predicted molar refractivity (Wildman–Crippen MR) is 85.2 cm³/mol. The molecule has 2 rings (SSSR count). The molecule has 0 amide bonds. The van der Waals surface area contributed by atoms with Crippen molar-refractivity contribution in [1.82, 2.24) is 0 Å². The molecule has 2 aromatic rings. The topological polar surface area (TPSA) is 38.7 Å². The molecule has 0 saturated carbocycles. The Labute approximate surface area is 128 Å². The Kier molecular flexibility index (Phi) is 5.29. The first-order chi connectivity index (χ1) is 10.1. The highest BCUT2D eigenvalue weighted by atomic mass is 35.5. The number of carbonyl (C=O) groups excluding carboxylic acids is 1. The van der Waals surface area contributed by atoms with Gasteiger partial charge in [0.15, 0.2) is 0 Å². The lowest BCUT2D eigenvalue weighted by Gasteiger charge is -2.01. The minimum atomic E-state index is -0.455. The summed E-state index contributed by atoms with van der Waals surface area (Å²) in [5, 5.41) is 4.56. The normalized spacial score (nSPS) is 11.6. The predicted octanol–water partition coefficient (Wildman–Crippen LogP) is 4.32. The van der Waals surface area contributed by atoms with E-state index < -0.39 is 5.97 Å². The molecule has 0 unspecified atom stereocenters. The van der Waals surface area contributed by atoms with E-state index in [1.165, 1.54) is 6.92 Å². The van der Waals surface area contributed by atoms with Crippen molar-refractivity contribution in [2.24, 2.45) is 5.16 Å². The summed E-state index contributed by atoms with van der Waals surface area (Å²) in [5.74, 6) is -0.455. The SMILES string of the molecule is CC(=O)ON=C(C=Cc1ccc(Cl)cc1)c1ccccc1. The van der Waals surface area contributed by atoms with Crippen LogP contribution >= 0.6 is 11.6 Å². The second kappa shape index (κ2) is 7.41. The van der Waals surface area contributed by atoms with Crippen LogP contribution in [-0.4, -0.2) is 11.7 Å². The number of halogens is 1. The van der Waals surface area contributed by atoms with Crippen molar-refractivity contribution < 1.29 is 9.63 Å². The number of rotatable bonds is 4.